The summed E-state index contributed by atoms with van der Waals surface area (Å²) in [5.41, 5.74) is -0.0447. The van der Waals surface area contributed by atoms with E-state index in [1.54, 1.807) is 32.4 Å². The van der Waals surface area contributed by atoms with E-state index in [-0.39, 0.29) is 5.97 Å². The van der Waals surface area contributed by atoms with Crippen molar-refractivity contribution < 1.29 is 23.7 Å². The molecule has 1 fully saturated rings. The molecule has 0 saturated carbocycles. The Hall–Kier alpha value is -1.75. The topological polar surface area (TPSA) is 54.0 Å². The normalized spacial score (nSPS) is 16.6. The Kier molecular flexibility index (Phi) is 3.43. The first kappa shape index (κ1) is 12.7. The van der Waals surface area contributed by atoms with E-state index >= 15 is 0 Å². The quantitative estimate of drug-likeness (QED) is 0.752. The first-order chi connectivity index (χ1) is 8.67. The number of rotatable bonds is 4. The highest BCUT2D eigenvalue weighted by atomic mass is 16.5. The fraction of sp³-hybridized carbons (Fsp3) is 0.462. The van der Waals surface area contributed by atoms with Crippen molar-refractivity contribution >= 4 is 5.97 Å². The van der Waals surface area contributed by atoms with Gasteiger partial charge in [0, 0.05) is 5.56 Å². The minimum Gasteiger partial charge on any atom is -0.497 e. The summed E-state index contributed by atoms with van der Waals surface area (Å²) in [5, 5.41) is 0. The lowest BCUT2D eigenvalue weighted by Gasteiger charge is -2.39. The van der Waals surface area contributed by atoms with Gasteiger partial charge in [0.1, 0.15) is 16.9 Å². The molecule has 0 N–H and O–H groups in total. The predicted octanol–water partition coefficient (Wildman–Crippen LogP) is 1.14. The summed E-state index contributed by atoms with van der Waals surface area (Å²) < 4.78 is 20.5. The predicted molar refractivity (Wildman–Crippen MR) is 64.1 cm³/mol. The van der Waals surface area contributed by atoms with Crippen LogP contribution >= 0.6 is 0 Å². The SMILES string of the molecule is COC(=O)C1(c2cc(OC)ccc2OC)COC1. The number of hydrogen-bond donors (Lipinski definition) is 0. The second-order valence-electron chi connectivity index (χ2n) is 4.13. The number of benzene rings is 1. The zero-order chi connectivity index (χ0) is 13.2. The maximum Gasteiger partial charge on any atom is 0.321 e. The molecule has 0 aromatic heterocycles. The average Bonchev–Trinajstić information content (AvgIpc) is 2.37. The smallest absolute Gasteiger partial charge is 0.321 e. The minimum absolute atomic E-state index is 0.295. The Bertz CT molecular complexity index is 451. The lowest BCUT2D eigenvalue weighted by molar-refractivity contribution is -0.166. The summed E-state index contributed by atoms with van der Waals surface area (Å²) in [4.78, 5) is 12.0. The zero-order valence-electron chi connectivity index (χ0n) is 10.7. The van der Waals surface area contributed by atoms with Gasteiger partial charge in [-0.1, -0.05) is 0 Å². The lowest BCUT2D eigenvalue weighted by atomic mass is 9.78. The molecule has 1 aromatic rings. The Balaban J connectivity index is 2.50. The van der Waals surface area contributed by atoms with Crippen molar-refractivity contribution in [3.8, 4) is 11.5 Å². The molecule has 2 rings (SSSR count). The van der Waals surface area contributed by atoms with Crippen LogP contribution in [0.1, 0.15) is 5.56 Å². The highest BCUT2D eigenvalue weighted by molar-refractivity contribution is 5.86. The van der Waals surface area contributed by atoms with Crippen molar-refractivity contribution in [1.82, 2.24) is 0 Å². The Labute approximate surface area is 106 Å². The van der Waals surface area contributed by atoms with E-state index in [0.29, 0.717) is 24.7 Å². The molecule has 5 heteroatoms. The van der Waals surface area contributed by atoms with Crippen LogP contribution in [-0.2, 0) is 19.7 Å². The van der Waals surface area contributed by atoms with Crippen LogP contribution < -0.4 is 9.47 Å². The van der Waals surface area contributed by atoms with Gasteiger partial charge in [0.2, 0.25) is 0 Å². The van der Waals surface area contributed by atoms with E-state index in [1.807, 2.05) is 0 Å². The van der Waals surface area contributed by atoms with Crippen LogP contribution in [0.15, 0.2) is 18.2 Å². The summed E-state index contributed by atoms with van der Waals surface area (Å²) in [6.07, 6.45) is 0. The van der Waals surface area contributed by atoms with Gasteiger partial charge in [0.15, 0.2) is 0 Å². The highest BCUT2D eigenvalue weighted by Gasteiger charge is 2.50. The van der Waals surface area contributed by atoms with Gasteiger partial charge < -0.3 is 18.9 Å². The van der Waals surface area contributed by atoms with Crippen molar-refractivity contribution in [2.24, 2.45) is 0 Å². The summed E-state index contributed by atoms with van der Waals surface area (Å²) >= 11 is 0. The average molecular weight is 252 g/mol. The van der Waals surface area contributed by atoms with Crippen molar-refractivity contribution in [1.29, 1.82) is 0 Å². The standard InChI is InChI=1S/C13H16O5/c1-15-9-4-5-11(16-2)10(6-9)13(7-18-8-13)12(14)17-3/h4-6H,7-8H2,1-3H3. The fourth-order valence-corrected chi connectivity index (χ4v) is 2.07. The lowest BCUT2D eigenvalue weighted by Crippen LogP contribution is -2.53. The maximum absolute atomic E-state index is 12.0. The Morgan fingerprint density at radius 3 is 2.39 bits per heavy atom. The van der Waals surface area contributed by atoms with Crippen molar-refractivity contribution in [2.45, 2.75) is 5.41 Å². The molecular weight excluding hydrogens is 236 g/mol. The maximum atomic E-state index is 12.0. The third-order valence-corrected chi connectivity index (χ3v) is 3.20. The molecule has 98 valence electrons. The van der Waals surface area contributed by atoms with E-state index in [1.165, 1.54) is 7.11 Å². The number of carbonyl (C=O) groups excluding carboxylic acids is 1. The molecule has 1 saturated heterocycles. The van der Waals surface area contributed by atoms with Crippen LogP contribution in [0.3, 0.4) is 0 Å². The van der Waals surface area contributed by atoms with Crippen molar-refractivity contribution in [3.63, 3.8) is 0 Å². The molecule has 0 radical (unpaired) electrons. The van der Waals surface area contributed by atoms with E-state index < -0.39 is 5.41 Å². The Morgan fingerprint density at radius 1 is 1.22 bits per heavy atom. The number of hydrogen-bond acceptors (Lipinski definition) is 5. The molecule has 0 aliphatic carbocycles. The van der Waals surface area contributed by atoms with Gasteiger partial charge in [-0.2, -0.15) is 0 Å². The molecule has 1 heterocycles. The molecule has 18 heavy (non-hydrogen) atoms. The molecule has 0 bridgehead atoms. The first-order valence-electron chi connectivity index (χ1n) is 5.56. The van der Waals surface area contributed by atoms with E-state index in [2.05, 4.69) is 0 Å². The number of methoxy groups -OCH3 is 3. The van der Waals surface area contributed by atoms with Gasteiger partial charge >= 0.3 is 5.97 Å². The molecule has 1 aromatic carbocycles. The molecule has 0 amide bonds. The van der Waals surface area contributed by atoms with Crippen molar-refractivity contribution in [3.05, 3.63) is 23.8 Å². The highest BCUT2D eigenvalue weighted by Crippen LogP contribution is 2.40. The van der Waals surface area contributed by atoms with Gasteiger partial charge in [-0.3, -0.25) is 4.79 Å². The van der Waals surface area contributed by atoms with Gasteiger partial charge in [0.05, 0.1) is 34.5 Å². The number of ether oxygens (including phenoxy) is 4. The third kappa shape index (κ3) is 1.80. The van der Waals surface area contributed by atoms with Gasteiger partial charge in [-0.05, 0) is 18.2 Å². The monoisotopic (exact) mass is 252 g/mol. The second-order valence-corrected chi connectivity index (χ2v) is 4.13. The molecule has 0 unspecified atom stereocenters. The van der Waals surface area contributed by atoms with E-state index in [0.717, 1.165) is 5.56 Å². The van der Waals surface area contributed by atoms with E-state index in [9.17, 15) is 4.79 Å². The summed E-state index contributed by atoms with van der Waals surface area (Å²) in [7, 11) is 4.51. The molecule has 1 aliphatic heterocycles. The van der Waals surface area contributed by atoms with Crippen LogP contribution in [0, 0.1) is 0 Å². The van der Waals surface area contributed by atoms with Gasteiger partial charge in [0.25, 0.3) is 0 Å². The fourth-order valence-electron chi connectivity index (χ4n) is 2.07. The number of carbonyl (C=O) groups is 1. The molecule has 5 nitrogen and oxygen atoms in total. The summed E-state index contributed by atoms with van der Waals surface area (Å²) in [5.74, 6) is 0.978. The van der Waals surface area contributed by atoms with E-state index in [4.69, 9.17) is 18.9 Å². The Morgan fingerprint density at radius 2 is 1.94 bits per heavy atom. The summed E-state index contributed by atoms with van der Waals surface area (Å²) in [6, 6.07) is 5.35. The van der Waals surface area contributed by atoms with Crippen LogP contribution in [-0.4, -0.2) is 40.5 Å². The minimum atomic E-state index is -0.783. The summed E-state index contributed by atoms with van der Waals surface area (Å²) in [6.45, 7) is 0.590. The van der Waals surface area contributed by atoms with Crippen LogP contribution in [0.4, 0.5) is 0 Å². The third-order valence-electron chi connectivity index (χ3n) is 3.20. The first-order valence-corrected chi connectivity index (χ1v) is 5.56. The largest absolute Gasteiger partial charge is 0.497 e. The molecule has 0 atom stereocenters. The van der Waals surface area contributed by atoms with Crippen molar-refractivity contribution in [2.75, 3.05) is 34.5 Å². The molecule has 1 aliphatic rings. The second kappa shape index (κ2) is 4.86. The van der Waals surface area contributed by atoms with Crippen LogP contribution in [0.25, 0.3) is 0 Å². The van der Waals surface area contributed by atoms with Crippen LogP contribution in [0.5, 0.6) is 11.5 Å². The molecular formula is C13H16O5. The van der Waals surface area contributed by atoms with Gasteiger partial charge in [-0.25, -0.2) is 0 Å². The molecule has 0 spiro atoms. The zero-order valence-corrected chi connectivity index (χ0v) is 10.7. The number of esters is 1. The van der Waals surface area contributed by atoms with Crippen LogP contribution in [0.2, 0.25) is 0 Å². The van der Waals surface area contributed by atoms with Gasteiger partial charge in [-0.15, -0.1) is 0 Å².